The summed E-state index contributed by atoms with van der Waals surface area (Å²) in [6.45, 7) is -2.10. The number of carboxylic acids is 3. The largest absolute Gasteiger partial charge is 0.479 e. The molecule has 548 valence electrons. The third-order valence-electron chi connectivity index (χ3n) is 14.4. The molecule has 0 aromatic rings. The van der Waals surface area contributed by atoms with E-state index in [1.807, 2.05) is 5.32 Å². The molecular formula is C42H65N3O46S4. The molecule has 0 aromatic heterocycles. The minimum absolute atomic E-state index is 0.714. The monoisotopic (exact) mass is 1480 g/mol. The third-order valence-corrected chi connectivity index (χ3v) is 16.2. The lowest BCUT2D eigenvalue weighted by molar-refractivity contribution is -0.376. The number of aliphatic carboxylic acids is 3. The number of aliphatic hydroxyl groups excluding tert-OH is 10. The average Bonchev–Trinajstić information content (AvgIpc) is 0.774. The zero-order valence-corrected chi connectivity index (χ0v) is 51.3. The molecule has 0 bridgehead atoms. The van der Waals surface area contributed by atoms with Crippen molar-refractivity contribution in [1.29, 1.82) is 0 Å². The van der Waals surface area contributed by atoms with E-state index in [0.29, 0.717) is 6.92 Å². The van der Waals surface area contributed by atoms with Crippen LogP contribution >= 0.6 is 0 Å². The van der Waals surface area contributed by atoms with Gasteiger partial charge in [-0.2, -0.15) is 33.7 Å². The van der Waals surface area contributed by atoms with Gasteiger partial charge < -0.3 is 134 Å². The highest BCUT2D eigenvalue weighted by atomic mass is 32.3. The Bertz CT molecular complexity index is 3190. The Morgan fingerprint density at radius 2 is 0.695 bits per heavy atom. The summed E-state index contributed by atoms with van der Waals surface area (Å²) in [6.07, 6.45) is -70.1. The van der Waals surface area contributed by atoms with Crippen molar-refractivity contribution in [3.05, 3.63) is 0 Å². The predicted molar refractivity (Wildman–Crippen MR) is 277 cm³/mol. The maximum atomic E-state index is 13.2. The fourth-order valence-electron chi connectivity index (χ4n) is 10.4. The smallest absolute Gasteiger partial charge is 0.397 e. The molecule has 6 heterocycles. The normalized spacial score (nSPS) is 41.4. The second-order valence-electron chi connectivity index (χ2n) is 21.1. The molecule has 0 aromatic carbocycles. The maximum Gasteiger partial charge on any atom is 0.397 e. The summed E-state index contributed by atoms with van der Waals surface area (Å²) < 4.78 is 211. The average molecular weight is 1480 g/mol. The number of rotatable bonds is 27. The van der Waals surface area contributed by atoms with Crippen LogP contribution in [0, 0.1) is 0 Å². The standard InChI is InChI=1S/C42H65N3O46S4/c1-7(47)43-13-27(24(90-94(71,72)73)10(4-46)79-37(13)64)84-41-23(57)21(55)29(33(89-41)36(62)63)85-38-14(44-8(2)48)25(16(50)11(80-38)5-77-92(65,66)67)82-40-22(56)20(54)28(32(88-40)35(60)61)86-39-15(45-9(3)49)26(17(51)12(81-39)6-78-93(68,69)70)83-42-31(91-95(74,75)76)19(53)18(52)30(87-42)34(58)59/h10-33,37-42,46,50-57,64H,4-6H2,1-3H3,(H,43,47)(H,44,48)(H,45,49)(H,58,59)(H,60,61)(H,62,63)(H,65,66,67)(H,68,69,70)(H,71,72,73)(H,74,75,76)/t10-,11-,12-,13-,14-,15-,16+,17+,18+,19+,20-,21-,22-,23-,24+,25-,26-,27-,28+,29+,30+,31-,32+,33+,37?,38+,39+,40-,41-,42-/m1/s1. The molecule has 6 aliphatic heterocycles. The Labute approximate surface area is 532 Å². The molecule has 53 heteroatoms. The fourth-order valence-corrected chi connectivity index (χ4v) is 12.0. The van der Waals surface area contributed by atoms with Crippen LogP contribution in [0.1, 0.15) is 20.8 Å². The highest BCUT2D eigenvalue weighted by molar-refractivity contribution is 7.81. The van der Waals surface area contributed by atoms with Gasteiger partial charge in [-0.05, 0) is 0 Å². The van der Waals surface area contributed by atoms with E-state index < -0.39 is 281 Å². The van der Waals surface area contributed by atoms with Gasteiger partial charge in [0.2, 0.25) is 17.7 Å². The first kappa shape index (κ1) is 79.4. The Balaban J connectivity index is 1.35. The van der Waals surface area contributed by atoms with Gasteiger partial charge in [0, 0.05) is 20.8 Å². The summed E-state index contributed by atoms with van der Waals surface area (Å²) in [5, 5.41) is 149. The number of carbonyl (C=O) groups is 6. The second-order valence-corrected chi connectivity index (χ2v) is 25.4. The molecule has 49 nitrogen and oxygen atoms in total. The van der Waals surface area contributed by atoms with Gasteiger partial charge in [0.25, 0.3) is 0 Å². The highest BCUT2D eigenvalue weighted by Gasteiger charge is 2.61. The maximum absolute atomic E-state index is 13.2. The van der Waals surface area contributed by atoms with Gasteiger partial charge in [-0.25, -0.2) is 31.1 Å². The first-order chi connectivity index (χ1) is 43.7. The van der Waals surface area contributed by atoms with E-state index in [2.05, 4.69) is 27.4 Å². The molecule has 0 saturated carbocycles. The van der Waals surface area contributed by atoms with Crippen LogP contribution in [0.15, 0.2) is 0 Å². The van der Waals surface area contributed by atoms with E-state index in [1.54, 1.807) is 0 Å². The van der Waals surface area contributed by atoms with Crippen molar-refractivity contribution >= 4 is 77.2 Å². The molecule has 1 unspecified atom stereocenters. The van der Waals surface area contributed by atoms with Crippen molar-refractivity contribution in [2.75, 3.05) is 19.8 Å². The second kappa shape index (κ2) is 31.8. The molecular weight excluding hydrogens is 1410 g/mol. The first-order valence-electron chi connectivity index (χ1n) is 26.7. The van der Waals surface area contributed by atoms with E-state index in [4.69, 9.17) is 52.1 Å². The molecule has 6 aliphatic rings. The predicted octanol–water partition coefficient (Wildman–Crippen LogP) is -14.1. The van der Waals surface area contributed by atoms with E-state index in [-0.39, 0.29) is 0 Å². The molecule has 6 rings (SSSR count). The van der Waals surface area contributed by atoms with Crippen molar-refractivity contribution in [3.8, 4) is 0 Å². The van der Waals surface area contributed by atoms with Gasteiger partial charge in [-0.1, -0.05) is 0 Å². The quantitative estimate of drug-likeness (QED) is 0.0340. The molecule has 0 radical (unpaired) electrons. The van der Waals surface area contributed by atoms with Crippen molar-refractivity contribution in [3.63, 3.8) is 0 Å². The van der Waals surface area contributed by atoms with Crippen LogP contribution in [0.4, 0.5) is 0 Å². The van der Waals surface area contributed by atoms with E-state index in [0.717, 1.165) is 13.8 Å². The Kier molecular flexibility index (Phi) is 26.6. The van der Waals surface area contributed by atoms with Gasteiger partial charge in [0.1, 0.15) is 122 Å². The summed E-state index contributed by atoms with van der Waals surface area (Å²) >= 11 is 0. The number of amides is 3. The van der Waals surface area contributed by atoms with Crippen LogP contribution in [0.2, 0.25) is 0 Å². The minimum Gasteiger partial charge on any atom is -0.479 e. The van der Waals surface area contributed by atoms with Crippen molar-refractivity contribution in [2.45, 2.75) is 205 Å². The van der Waals surface area contributed by atoms with Crippen LogP contribution in [0.25, 0.3) is 0 Å². The van der Waals surface area contributed by atoms with Gasteiger partial charge in [0.15, 0.2) is 62.2 Å². The van der Waals surface area contributed by atoms with Gasteiger partial charge >= 0.3 is 59.5 Å². The van der Waals surface area contributed by atoms with Crippen LogP contribution in [0.3, 0.4) is 0 Å². The van der Waals surface area contributed by atoms with Gasteiger partial charge in [0.05, 0.1) is 19.8 Å². The summed E-state index contributed by atoms with van der Waals surface area (Å²) in [6, 6.07) is -6.73. The molecule has 0 aliphatic carbocycles. The van der Waals surface area contributed by atoms with Crippen LogP contribution < -0.4 is 16.0 Å². The molecule has 6 fully saturated rings. The number of carbonyl (C=O) groups excluding carboxylic acids is 3. The van der Waals surface area contributed by atoms with E-state index in [9.17, 15) is 147 Å². The Morgan fingerprint density at radius 3 is 1.05 bits per heavy atom. The zero-order chi connectivity index (χ0) is 71.6. The molecule has 0 spiro atoms. The number of hydrogen-bond acceptors (Lipinski definition) is 39. The molecule has 6 saturated heterocycles. The third kappa shape index (κ3) is 20.3. The van der Waals surface area contributed by atoms with E-state index >= 15 is 0 Å². The van der Waals surface area contributed by atoms with Crippen LogP contribution in [-0.2, 0) is 139 Å². The number of nitrogens with one attached hydrogen (secondary N) is 3. The summed E-state index contributed by atoms with van der Waals surface area (Å²) in [7, 11) is -22.5. The number of carboxylic acid groups (broad SMARTS) is 3. The van der Waals surface area contributed by atoms with Crippen molar-refractivity contribution in [1.82, 2.24) is 16.0 Å². The highest BCUT2D eigenvalue weighted by Crippen LogP contribution is 2.38. The molecule has 3 amide bonds. The lowest BCUT2D eigenvalue weighted by atomic mass is 9.93. The fraction of sp³-hybridized carbons (Fsp3) is 0.857. The molecule has 20 N–H and O–H groups in total. The summed E-state index contributed by atoms with van der Waals surface area (Å²) in [4.78, 5) is 76.1. The Morgan fingerprint density at radius 1 is 0.358 bits per heavy atom. The topological polar surface area (TPSA) is 757 Å². The summed E-state index contributed by atoms with van der Waals surface area (Å²) in [5.41, 5.74) is 0. The first-order valence-corrected chi connectivity index (χ1v) is 32.2. The van der Waals surface area contributed by atoms with Crippen LogP contribution in [0.5, 0.6) is 0 Å². The number of hydrogen-bond donors (Lipinski definition) is 20. The van der Waals surface area contributed by atoms with E-state index in [1.165, 1.54) is 0 Å². The lowest BCUT2D eigenvalue weighted by Gasteiger charge is -2.50. The lowest BCUT2D eigenvalue weighted by Crippen LogP contribution is -2.71. The SMILES string of the molecule is CC(=O)N[C@H]1[C@H](O[C@H]2[C@H](O)[C@@H](O)[C@H](O[C@H]3[C@@H](OS(=O)(=O)O)[C@@H](CO)OC(O)[C@@H]3NC(C)=O)O[C@@H]2C(=O)O)O[C@H](COS(=O)(=O)O)[C@H](O)[C@@H]1O[C@@H]1O[C@H](C(=O)O)[C@@H](O[C@@H]2O[C@H](COS(=O)(=O)O)[C@H](O)[C@H](O[C@@H]3O[C@H](C(=O)O)[C@@H](O)[C@H](O)[C@H]3OS(=O)(=O)O)[C@H]2NC(C)=O)[C@H](O)[C@H]1O. The number of ether oxygens (including phenoxy) is 11. The number of aliphatic hydroxyl groups is 10. The Hall–Kier alpha value is -4.54. The molecule has 30 atom stereocenters. The zero-order valence-electron chi connectivity index (χ0n) is 48.0. The van der Waals surface area contributed by atoms with Crippen molar-refractivity contribution in [2.24, 2.45) is 0 Å². The van der Waals surface area contributed by atoms with Crippen molar-refractivity contribution < 1.29 is 216 Å². The molecule has 95 heavy (non-hydrogen) atoms. The van der Waals surface area contributed by atoms with Gasteiger partial charge in [-0.3, -0.25) is 32.6 Å². The summed E-state index contributed by atoms with van der Waals surface area (Å²) in [5.74, 6) is -10.0. The van der Waals surface area contributed by atoms with Gasteiger partial charge in [-0.15, -0.1) is 0 Å². The van der Waals surface area contributed by atoms with Crippen LogP contribution in [-0.4, -0.2) is 358 Å². The minimum atomic E-state index is -5.78.